The Morgan fingerprint density at radius 2 is 2.13 bits per heavy atom. The fourth-order valence-electron chi connectivity index (χ4n) is 2.19. The first kappa shape index (κ1) is 10.7. The lowest BCUT2D eigenvalue weighted by molar-refractivity contribution is 0.485. The Morgan fingerprint density at radius 1 is 1.40 bits per heavy atom. The Balaban J connectivity index is 2.16. The zero-order valence-corrected chi connectivity index (χ0v) is 9.59. The third-order valence-corrected chi connectivity index (χ3v) is 3.27. The van der Waals surface area contributed by atoms with Crippen LogP contribution < -0.4 is 11.3 Å². The molecule has 1 unspecified atom stereocenters. The first-order valence-corrected chi connectivity index (χ1v) is 5.74. The van der Waals surface area contributed by atoms with Crippen LogP contribution in [0.15, 0.2) is 18.2 Å². The molecule has 0 heterocycles. The first-order chi connectivity index (χ1) is 7.20. The van der Waals surface area contributed by atoms with Gasteiger partial charge in [-0.3, -0.25) is 11.3 Å². The highest BCUT2D eigenvalue weighted by Crippen LogP contribution is 2.37. The summed E-state index contributed by atoms with van der Waals surface area (Å²) in [5.41, 5.74) is 6.97. The minimum atomic E-state index is 0.332. The van der Waals surface area contributed by atoms with Crippen molar-refractivity contribution in [2.24, 2.45) is 11.8 Å². The van der Waals surface area contributed by atoms with Gasteiger partial charge in [0, 0.05) is 6.04 Å². The predicted octanol–water partition coefficient (Wildman–Crippen LogP) is 2.61. The monoisotopic (exact) mass is 204 g/mol. The molecule has 1 aromatic carbocycles. The van der Waals surface area contributed by atoms with Crippen LogP contribution in [0.4, 0.5) is 0 Å². The molecule has 1 aromatic rings. The molecule has 1 aliphatic carbocycles. The van der Waals surface area contributed by atoms with Gasteiger partial charge in [0.2, 0.25) is 0 Å². The van der Waals surface area contributed by atoms with E-state index in [4.69, 9.17) is 5.84 Å². The largest absolute Gasteiger partial charge is 0.271 e. The summed E-state index contributed by atoms with van der Waals surface area (Å²) in [4.78, 5) is 0. The Bertz CT molecular complexity index is 342. The Kier molecular flexibility index (Phi) is 3.08. The zero-order chi connectivity index (χ0) is 10.8. The maximum absolute atomic E-state index is 5.64. The second-order valence-electron chi connectivity index (χ2n) is 4.76. The Morgan fingerprint density at radius 3 is 2.67 bits per heavy atom. The lowest BCUT2D eigenvalue weighted by Gasteiger charge is -2.18. The Hall–Kier alpha value is -0.860. The van der Waals surface area contributed by atoms with Crippen molar-refractivity contribution in [2.45, 2.75) is 39.2 Å². The average Bonchev–Trinajstić information content (AvgIpc) is 2.99. The van der Waals surface area contributed by atoms with E-state index in [1.54, 1.807) is 0 Å². The number of hydrogen-bond acceptors (Lipinski definition) is 2. The van der Waals surface area contributed by atoms with E-state index in [0.29, 0.717) is 6.04 Å². The van der Waals surface area contributed by atoms with E-state index in [-0.39, 0.29) is 0 Å². The van der Waals surface area contributed by atoms with E-state index in [1.807, 2.05) is 0 Å². The van der Waals surface area contributed by atoms with E-state index < -0.39 is 0 Å². The topological polar surface area (TPSA) is 38.0 Å². The van der Waals surface area contributed by atoms with Gasteiger partial charge in [-0.1, -0.05) is 36.6 Å². The number of aryl methyl sites for hydroxylation is 2. The highest BCUT2D eigenvalue weighted by molar-refractivity contribution is 5.32. The highest BCUT2D eigenvalue weighted by Gasteiger charge is 2.26. The van der Waals surface area contributed by atoms with E-state index >= 15 is 0 Å². The van der Waals surface area contributed by atoms with Gasteiger partial charge in [0.15, 0.2) is 0 Å². The molecule has 0 spiro atoms. The first-order valence-electron chi connectivity index (χ1n) is 5.74. The van der Waals surface area contributed by atoms with Crippen LogP contribution in [0.2, 0.25) is 0 Å². The lowest BCUT2D eigenvalue weighted by atomic mass is 9.96. The van der Waals surface area contributed by atoms with E-state index in [0.717, 1.165) is 5.92 Å². The fraction of sp³-hybridized carbons (Fsp3) is 0.538. The molecule has 0 aromatic heterocycles. The molecule has 1 aliphatic rings. The molecule has 82 valence electrons. The average molecular weight is 204 g/mol. The molecule has 1 saturated carbocycles. The molecule has 0 saturated heterocycles. The van der Waals surface area contributed by atoms with Gasteiger partial charge in [-0.2, -0.15) is 0 Å². The van der Waals surface area contributed by atoms with Gasteiger partial charge in [0.25, 0.3) is 0 Å². The molecule has 0 bridgehead atoms. The molecule has 2 rings (SSSR count). The van der Waals surface area contributed by atoms with Crippen molar-refractivity contribution in [3.63, 3.8) is 0 Å². The van der Waals surface area contributed by atoms with Gasteiger partial charge in [0.1, 0.15) is 0 Å². The van der Waals surface area contributed by atoms with Crippen molar-refractivity contribution >= 4 is 0 Å². The minimum Gasteiger partial charge on any atom is -0.271 e. The van der Waals surface area contributed by atoms with Crippen LogP contribution >= 0.6 is 0 Å². The maximum atomic E-state index is 5.64. The summed E-state index contributed by atoms with van der Waals surface area (Å²) < 4.78 is 0. The molecule has 2 heteroatoms. The summed E-state index contributed by atoms with van der Waals surface area (Å²) in [6, 6.07) is 6.93. The number of benzene rings is 1. The SMILES string of the molecule is Cc1ccc(C(CC2CC2)NN)c(C)c1. The van der Waals surface area contributed by atoms with Crippen LogP contribution in [0.3, 0.4) is 0 Å². The molecule has 15 heavy (non-hydrogen) atoms. The number of nitrogens with one attached hydrogen (secondary N) is 1. The summed E-state index contributed by atoms with van der Waals surface area (Å²) in [5, 5.41) is 0. The highest BCUT2D eigenvalue weighted by atomic mass is 15.2. The van der Waals surface area contributed by atoms with Gasteiger partial charge >= 0.3 is 0 Å². The zero-order valence-electron chi connectivity index (χ0n) is 9.59. The van der Waals surface area contributed by atoms with Crippen LogP contribution in [0.25, 0.3) is 0 Å². The van der Waals surface area contributed by atoms with Crippen molar-refractivity contribution < 1.29 is 0 Å². The van der Waals surface area contributed by atoms with Crippen LogP contribution in [0.1, 0.15) is 42.0 Å². The summed E-state index contributed by atoms with van der Waals surface area (Å²) in [6.07, 6.45) is 3.94. The van der Waals surface area contributed by atoms with Crippen LogP contribution in [0.5, 0.6) is 0 Å². The molecule has 0 aliphatic heterocycles. The second kappa shape index (κ2) is 4.33. The third kappa shape index (κ3) is 2.58. The normalized spacial score (nSPS) is 17.8. The fourth-order valence-corrected chi connectivity index (χ4v) is 2.19. The molecular formula is C13H20N2. The molecular weight excluding hydrogens is 184 g/mol. The molecule has 0 amide bonds. The van der Waals surface area contributed by atoms with Crippen molar-refractivity contribution in [3.8, 4) is 0 Å². The molecule has 3 N–H and O–H groups in total. The standard InChI is InChI=1S/C13H20N2/c1-9-3-6-12(10(2)7-9)13(15-14)8-11-4-5-11/h3,6-7,11,13,15H,4-5,8,14H2,1-2H3. The maximum Gasteiger partial charge on any atom is 0.0465 e. The smallest absolute Gasteiger partial charge is 0.0465 e. The van der Waals surface area contributed by atoms with Gasteiger partial charge in [-0.05, 0) is 37.3 Å². The Labute approximate surface area is 91.8 Å². The summed E-state index contributed by atoms with van der Waals surface area (Å²) in [5.74, 6) is 6.53. The van der Waals surface area contributed by atoms with Crippen molar-refractivity contribution in [1.29, 1.82) is 0 Å². The molecule has 1 atom stereocenters. The lowest BCUT2D eigenvalue weighted by Crippen LogP contribution is -2.28. The predicted molar refractivity (Wildman–Crippen MR) is 63.3 cm³/mol. The molecule has 0 radical (unpaired) electrons. The van der Waals surface area contributed by atoms with Gasteiger partial charge < -0.3 is 0 Å². The van der Waals surface area contributed by atoms with Gasteiger partial charge in [0.05, 0.1) is 0 Å². The number of hydrazine groups is 1. The van der Waals surface area contributed by atoms with Crippen LogP contribution in [-0.2, 0) is 0 Å². The minimum absolute atomic E-state index is 0.332. The number of hydrogen-bond donors (Lipinski definition) is 2. The van der Waals surface area contributed by atoms with Gasteiger partial charge in [-0.15, -0.1) is 0 Å². The van der Waals surface area contributed by atoms with Crippen LogP contribution in [0, 0.1) is 19.8 Å². The van der Waals surface area contributed by atoms with Crippen molar-refractivity contribution in [2.75, 3.05) is 0 Å². The van der Waals surface area contributed by atoms with Crippen LogP contribution in [-0.4, -0.2) is 0 Å². The molecule has 2 nitrogen and oxygen atoms in total. The molecule has 1 fully saturated rings. The van der Waals surface area contributed by atoms with E-state index in [2.05, 4.69) is 37.5 Å². The summed E-state index contributed by atoms with van der Waals surface area (Å²) >= 11 is 0. The quantitative estimate of drug-likeness (QED) is 0.584. The summed E-state index contributed by atoms with van der Waals surface area (Å²) in [7, 11) is 0. The van der Waals surface area contributed by atoms with Crippen molar-refractivity contribution in [3.05, 3.63) is 34.9 Å². The third-order valence-electron chi connectivity index (χ3n) is 3.27. The van der Waals surface area contributed by atoms with E-state index in [9.17, 15) is 0 Å². The van der Waals surface area contributed by atoms with Crippen molar-refractivity contribution in [1.82, 2.24) is 5.43 Å². The van der Waals surface area contributed by atoms with E-state index in [1.165, 1.54) is 36.0 Å². The second-order valence-corrected chi connectivity index (χ2v) is 4.76. The summed E-state index contributed by atoms with van der Waals surface area (Å²) in [6.45, 7) is 4.29. The van der Waals surface area contributed by atoms with Gasteiger partial charge in [-0.25, -0.2) is 0 Å². The number of nitrogens with two attached hydrogens (primary N) is 1. The number of rotatable bonds is 4.